The Morgan fingerprint density at radius 1 is 1.22 bits per heavy atom. The first-order valence-electron chi connectivity index (χ1n) is 9.03. The number of aromatic nitrogens is 2. The fourth-order valence-corrected chi connectivity index (χ4v) is 3.25. The molecule has 3 heterocycles. The molecule has 140 valence electrons. The van der Waals surface area contributed by atoms with Crippen LogP contribution in [-0.4, -0.2) is 39.7 Å². The van der Waals surface area contributed by atoms with Crippen LogP contribution in [0.25, 0.3) is 11.2 Å². The summed E-state index contributed by atoms with van der Waals surface area (Å²) in [5.41, 5.74) is 2.00. The molecule has 1 aromatic carbocycles. The minimum absolute atomic E-state index is 0.109. The van der Waals surface area contributed by atoms with Crippen molar-refractivity contribution in [2.24, 2.45) is 0 Å². The summed E-state index contributed by atoms with van der Waals surface area (Å²) in [7, 11) is 0. The lowest BCUT2D eigenvalue weighted by molar-refractivity contribution is 0.0342. The Morgan fingerprint density at radius 2 is 2.07 bits per heavy atom. The van der Waals surface area contributed by atoms with Gasteiger partial charge in [0.15, 0.2) is 17.7 Å². The maximum Gasteiger partial charge on any atom is 0.410 e. The Bertz CT molecular complexity index is 912. The van der Waals surface area contributed by atoms with E-state index in [0.717, 1.165) is 18.4 Å². The quantitative estimate of drug-likeness (QED) is 0.698. The molecular weight excluding hydrogens is 346 g/mol. The minimum atomic E-state index is -0.319. The van der Waals surface area contributed by atoms with Crippen LogP contribution >= 0.6 is 0 Å². The number of hydrogen-bond acceptors (Lipinski definition) is 6. The van der Waals surface area contributed by atoms with Gasteiger partial charge >= 0.3 is 6.09 Å². The highest BCUT2D eigenvalue weighted by Crippen LogP contribution is 2.27. The largest absolute Gasteiger partial charge is 0.486 e. The number of fused-ring (bicyclic) bond motifs is 1. The SMILES string of the molecule is C[C@@H]1CC[C@@H](Oc2ccnc3ocnc23)CN1C(=O)OCc1ccccc1. The fraction of sp³-hybridized carbons (Fsp3) is 0.350. The standard InChI is InChI=1S/C20H21N3O4/c1-14-7-8-16(27-17-9-10-21-19-18(17)22-13-26-19)11-23(14)20(24)25-12-15-5-3-2-4-6-15/h2-6,9-10,13-14,16H,7-8,11-12H2,1H3/t14-,16-/m1/s1. The fourth-order valence-electron chi connectivity index (χ4n) is 3.25. The average Bonchev–Trinajstić information content (AvgIpc) is 3.18. The number of nitrogens with zero attached hydrogens (tertiary/aromatic N) is 3. The molecule has 0 saturated carbocycles. The monoisotopic (exact) mass is 367 g/mol. The van der Waals surface area contributed by atoms with Crippen molar-refractivity contribution >= 4 is 17.3 Å². The van der Waals surface area contributed by atoms with Gasteiger partial charge in [-0.1, -0.05) is 30.3 Å². The molecule has 2 atom stereocenters. The summed E-state index contributed by atoms with van der Waals surface area (Å²) < 4.78 is 16.8. The molecule has 0 N–H and O–H groups in total. The molecule has 0 aliphatic carbocycles. The van der Waals surface area contributed by atoms with Crippen LogP contribution in [0.15, 0.2) is 53.4 Å². The van der Waals surface area contributed by atoms with E-state index in [1.165, 1.54) is 6.39 Å². The Morgan fingerprint density at radius 3 is 2.93 bits per heavy atom. The number of piperidine rings is 1. The van der Waals surface area contributed by atoms with E-state index in [1.54, 1.807) is 17.2 Å². The van der Waals surface area contributed by atoms with Crippen molar-refractivity contribution in [1.82, 2.24) is 14.9 Å². The van der Waals surface area contributed by atoms with Gasteiger partial charge in [-0.05, 0) is 25.3 Å². The Labute approximate surface area is 156 Å². The van der Waals surface area contributed by atoms with Crippen LogP contribution in [0.5, 0.6) is 5.75 Å². The highest BCUT2D eigenvalue weighted by Gasteiger charge is 2.31. The van der Waals surface area contributed by atoms with Crippen molar-refractivity contribution in [2.75, 3.05) is 6.54 Å². The molecule has 0 unspecified atom stereocenters. The Balaban J connectivity index is 1.40. The Kier molecular flexibility index (Phi) is 4.91. The third kappa shape index (κ3) is 3.86. The van der Waals surface area contributed by atoms with Gasteiger partial charge in [-0.2, -0.15) is 0 Å². The van der Waals surface area contributed by atoms with Crippen LogP contribution in [0.1, 0.15) is 25.3 Å². The van der Waals surface area contributed by atoms with E-state index in [2.05, 4.69) is 9.97 Å². The second-order valence-corrected chi connectivity index (χ2v) is 6.67. The molecule has 7 heteroatoms. The highest BCUT2D eigenvalue weighted by molar-refractivity contribution is 5.75. The lowest BCUT2D eigenvalue weighted by Gasteiger charge is -2.37. The first-order chi connectivity index (χ1) is 13.2. The number of ether oxygens (including phenoxy) is 2. The second kappa shape index (κ2) is 7.65. The van der Waals surface area contributed by atoms with Gasteiger partial charge < -0.3 is 18.8 Å². The number of amides is 1. The van der Waals surface area contributed by atoms with Gasteiger partial charge in [0.05, 0.1) is 6.54 Å². The van der Waals surface area contributed by atoms with E-state index in [-0.39, 0.29) is 24.8 Å². The number of carbonyl (C=O) groups excluding carboxylic acids is 1. The molecule has 4 rings (SSSR count). The van der Waals surface area contributed by atoms with Crippen molar-refractivity contribution in [1.29, 1.82) is 0 Å². The number of oxazole rings is 1. The third-order valence-electron chi connectivity index (χ3n) is 4.77. The topological polar surface area (TPSA) is 77.7 Å². The minimum Gasteiger partial charge on any atom is -0.486 e. The molecular formula is C20H21N3O4. The van der Waals surface area contributed by atoms with Crippen LogP contribution < -0.4 is 4.74 Å². The van der Waals surface area contributed by atoms with Crippen LogP contribution in [0, 0.1) is 0 Å². The van der Waals surface area contributed by atoms with E-state index in [4.69, 9.17) is 13.9 Å². The zero-order valence-electron chi connectivity index (χ0n) is 15.1. The summed E-state index contributed by atoms with van der Waals surface area (Å²) in [6.07, 6.45) is 4.22. The summed E-state index contributed by atoms with van der Waals surface area (Å²) in [5.74, 6) is 0.617. The number of pyridine rings is 1. The van der Waals surface area contributed by atoms with Crippen molar-refractivity contribution in [2.45, 2.75) is 38.5 Å². The number of benzene rings is 1. The predicted octanol–water partition coefficient (Wildman–Crippen LogP) is 3.79. The first kappa shape index (κ1) is 17.3. The van der Waals surface area contributed by atoms with Gasteiger partial charge in [0.25, 0.3) is 5.71 Å². The molecule has 3 aromatic rings. The summed E-state index contributed by atoms with van der Waals surface area (Å²) in [6, 6.07) is 11.5. The van der Waals surface area contributed by atoms with Crippen LogP contribution in [0.4, 0.5) is 4.79 Å². The Hall–Kier alpha value is -3.09. The van der Waals surface area contributed by atoms with Gasteiger partial charge in [-0.3, -0.25) is 0 Å². The molecule has 7 nitrogen and oxygen atoms in total. The molecule has 1 fully saturated rings. The van der Waals surface area contributed by atoms with Gasteiger partial charge in [0.2, 0.25) is 0 Å². The molecule has 2 aromatic heterocycles. The van der Waals surface area contributed by atoms with Crippen molar-refractivity contribution in [3.05, 3.63) is 54.6 Å². The van der Waals surface area contributed by atoms with Gasteiger partial charge in [-0.15, -0.1) is 0 Å². The molecule has 0 radical (unpaired) electrons. The zero-order chi connectivity index (χ0) is 18.6. The molecule has 1 aliphatic heterocycles. The predicted molar refractivity (Wildman–Crippen MR) is 98.2 cm³/mol. The normalized spacial score (nSPS) is 19.8. The third-order valence-corrected chi connectivity index (χ3v) is 4.77. The first-order valence-corrected chi connectivity index (χ1v) is 9.03. The van der Waals surface area contributed by atoms with E-state index in [1.807, 2.05) is 37.3 Å². The number of hydrogen-bond donors (Lipinski definition) is 0. The summed E-state index contributed by atoms with van der Waals surface area (Å²) >= 11 is 0. The molecule has 27 heavy (non-hydrogen) atoms. The lowest BCUT2D eigenvalue weighted by Crippen LogP contribution is -2.49. The van der Waals surface area contributed by atoms with E-state index >= 15 is 0 Å². The molecule has 1 amide bonds. The lowest BCUT2D eigenvalue weighted by atomic mass is 10.0. The van der Waals surface area contributed by atoms with E-state index in [9.17, 15) is 4.79 Å². The summed E-state index contributed by atoms with van der Waals surface area (Å²) in [6.45, 7) is 2.76. The van der Waals surface area contributed by atoms with Crippen molar-refractivity contribution in [3.8, 4) is 5.75 Å². The number of likely N-dealkylation sites (tertiary alicyclic amines) is 1. The average molecular weight is 367 g/mol. The molecule has 1 saturated heterocycles. The highest BCUT2D eigenvalue weighted by atomic mass is 16.6. The maximum absolute atomic E-state index is 12.6. The van der Waals surface area contributed by atoms with Gasteiger partial charge in [0.1, 0.15) is 12.7 Å². The van der Waals surface area contributed by atoms with Crippen molar-refractivity contribution in [3.63, 3.8) is 0 Å². The van der Waals surface area contributed by atoms with E-state index < -0.39 is 0 Å². The number of rotatable bonds is 4. The maximum atomic E-state index is 12.6. The molecule has 0 spiro atoms. The zero-order valence-corrected chi connectivity index (χ0v) is 15.1. The van der Waals surface area contributed by atoms with Crippen LogP contribution in [-0.2, 0) is 11.3 Å². The van der Waals surface area contributed by atoms with Gasteiger partial charge in [-0.25, -0.2) is 14.8 Å². The second-order valence-electron chi connectivity index (χ2n) is 6.67. The summed E-state index contributed by atoms with van der Waals surface area (Å²) in [5, 5.41) is 0. The molecule has 1 aliphatic rings. The number of carbonyl (C=O) groups is 1. The van der Waals surface area contributed by atoms with Crippen LogP contribution in [0.2, 0.25) is 0 Å². The van der Waals surface area contributed by atoms with E-state index in [0.29, 0.717) is 23.5 Å². The molecule has 0 bridgehead atoms. The summed E-state index contributed by atoms with van der Waals surface area (Å²) in [4.78, 5) is 22.6. The van der Waals surface area contributed by atoms with Crippen LogP contribution in [0.3, 0.4) is 0 Å². The van der Waals surface area contributed by atoms with Crippen molar-refractivity contribution < 1.29 is 18.7 Å². The smallest absolute Gasteiger partial charge is 0.410 e. The van der Waals surface area contributed by atoms with Gasteiger partial charge in [0, 0.05) is 18.3 Å².